The maximum absolute atomic E-state index is 13.4. The fraction of sp³-hybridized carbons (Fsp3) is 0.192. The standard InChI is InChI=1S/C26H25FN4O3S/c1-17-6-4-9-23(18(17)2)31-24(15-34-22-12-10-21(33-3)11-13-22)29-30-26(31)35-16-25(32)28-20-8-5-7-19(27)14-20/h4-14H,15-16H2,1-3H3,(H,28,32). The van der Waals surface area contributed by atoms with Gasteiger partial charge in [-0.05, 0) is 73.5 Å². The van der Waals surface area contributed by atoms with E-state index in [0.29, 0.717) is 22.4 Å². The van der Waals surface area contributed by atoms with Gasteiger partial charge in [-0.25, -0.2) is 4.39 Å². The number of aromatic nitrogens is 3. The molecule has 0 aliphatic heterocycles. The van der Waals surface area contributed by atoms with Gasteiger partial charge in [0.15, 0.2) is 11.0 Å². The number of anilines is 1. The van der Waals surface area contributed by atoms with E-state index in [2.05, 4.69) is 15.5 Å². The van der Waals surface area contributed by atoms with E-state index in [1.54, 1.807) is 19.2 Å². The molecule has 1 N–H and O–H groups in total. The Morgan fingerprint density at radius 2 is 1.77 bits per heavy atom. The smallest absolute Gasteiger partial charge is 0.234 e. The molecule has 35 heavy (non-hydrogen) atoms. The van der Waals surface area contributed by atoms with Crippen LogP contribution in [0.5, 0.6) is 11.5 Å². The van der Waals surface area contributed by atoms with E-state index in [0.717, 1.165) is 22.6 Å². The first-order valence-electron chi connectivity index (χ1n) is 10.9. The highest BCUT2D eigenvalue weighted by Crippen LogP contribution is 2.27. The molecule has 4 aromatic rings. The van der Waals surface area contributed by atoms with Gasteiger partial charge < -0.3 is 14.8 Å². The van der Waals surface area contributed by atoms with E-state index >= 15 is 0 Å². The summed E-state index contributed by atoms with van der Waals surface area (Å²) in [6, 6.07) is 19.1. The number of aryl methyl sites for hydroxylation is 1. The van der Waals surface area contributed by atoms with Gasteiger partial charge in [0.1, 0.15) is 23.9 Å². The number of methoxy groups -OCH3 is 1. The third-order valence-corrected chi connectivity index (χ3v) is 6.31. The fourth-order valence-corrected chi connectivity index (χ4v) is 4.18. The lowest BCUT2D eigenvalue weighted by atomic mass is 10.1. The van der Waals surface area contributed by atoms with Crippen LogP contribution in [0.25, 0.3) is 5.69 Å². The third kappa shape index (κ3) is 5.99. The van der Waals surface area contributed by atoms with Crippen molar-refractivity contribution in [2.75, 3.05) is 18.2 Å². The normalized spacial score (nSPS) is 10.7. The average molecular weight is 493 g/mol. The van der Waals surface area contributed by atoms with Gasteiger partial charge in [0.05, 0.1) is 18.6 Å². The van der Waals surface area contributed by atoms with Crippen LogP contribution in [0.2, 0.25) is 0 Å². The van der Waals surface area contributed by atoms with Gasteiger partial charge in [-0.3, -0.25) is 9.36 Å². The number of halogens is 1. The Bertz CT molecular complexity index is 1320. The van der Waals surface area contributed by atoms with E-state index in [1.165, 1.54) is 23.9 Å². The number of amides is 1. The predicted octanol–water partition coefficient (Wildman–Crippen LogP) is 5.34. The van der Waals surface area contributed by atoms with E-state index in [-0.39, 0.29) is 18.3 Å². The maximum Gasteiger partial charge on any atom is 0.234 e. The van der Waals surface area contributed by atoms with E-state index in [4.69, 9.17) is 9.47 Å². The maximum atomic E-state index is 13.4. The molecule has 1 aromatic heterocycles. The molecule has 180 valence electrons. The summed E-state index contributed by atoms with van der Waals surface area (Å²) in [4.78, 5) is 12.5. The molecule has 0 saturated heterocycles. The minimum absolute atomic E-state index is 0.0822. The SMILES string of the molecule is COc1ccc(OCc2nnc(SCC(=O)Nc3cccc(F)c3)n2-c2cccc(C)c2C)cc1. The van der Waals surface area contributed by atoms with E-state index in [9.17, 15) is 9.18 Å². The quantitative estimate of drug-likeness (QED) is 0.318. The number of carbonyl (C=O) groups is 1. The number of hydrogen-bond acceptors (Lipinski definition) is 6. The summed E-state index contributed by atoms with van der Waals surface area (Å²) in [6.45, 7) is 4.25. The van der Waals surface area contributed by atoms with Gasteiger partial charge in [-0.1, -0.05) is 30.0 Å². The molecule has 3 aromatic carbocycles. The van der Waals surface area contributed by atoms with Crippen LogP contribution < -0.4 is 14.8 Å². The molecule has 1 heterocycles. The molecule has 0 aliphatic carbocycles. The zero-order valence-electron chi connectivity index (χ0n) is 19.6. The minimum Gasteiger partial charge on any atom is -0.497 e. The summed E-state index contributed by atoms with van der Waals surface area (Å²) >= 11 is 1.25. The Labute approximate surface area is 207 Å². The van der Waals surface area contributed by atoms with Crippen LogP contribution >= 0.6 is 11.8 Å². The van der Waals surface area contributed by atoms with Crippen molar-refractivity contribution < 1.29 is 18.7 Å². The number of hydrogen-bond donors (Lipinski definition) is 1. The number of rotatable bonds is 9. The lowest BCUT2D eigenvalue weighted by molar-refractivity contribution is -0.113. The average Bonchev–Trinajstić information content (AvgIpc) is 3.26. The van der Waals surface area contributed by atoms with Crippen LogP contribution in [0.4, 0.5) is 10.1 Å². The molecular weight excluding hydrogens is 467 g/mol. The van der Waals surface area contributed by atoms with Crippen LogP contribution in [0, 0.1) is 19.7 Å². The van der Waals surface area contributed by atoms with Crippen LogP contribution in [0.3, 0.4) is 0 Å². The number of thioether (sulfide) groups is 1. The predicted molar refractivity (Wildman–Crippen MR) is 134 cm³/mol. The monoisotopic (exact) mass is 492 g/mol. The number of carbonyl (C=O) groups excluding carboxylic acids is 1. The summed E-state index contributed by atoms with van der Waals surface area (Å²) in [6.07, 6.45) is 0. The first-order chi connectivity index (χ1) is 16.9. The van der Waals surface area contributed by atoms with E-state index in [1.807, 2.05) is 60.9 Å². The van der Waals surface area contributed by atoms with Gasteiger partial charge in [0.2, 0.25) is 5.91 Å². The lowest BCUT2D eigenvalue weighted by Gasteiger charge is -2.15. The molecule has 0 aliphatic rings. The minimum atomic E-state index is -0.411. The summed E-state index contributed by atoms with van der Waals surface area (Å²) in [5.74, 6) is 1.41. The fourth-order valence-electron chi connectivity index (χ4n) is 3.42. The first-order valence-corrected chi connectivity index (χ1v) is 11.9. The van der Waals surface area contributed by atoms with Crippen LogP contribution in [0.1, 0.15) is 17.0 Å². The zero-order valence-corrected chi connectivity index (χ0v) is 20.4. The number of benzene rings is 3. The Morgan fingerprint density at radius 1 is 1.03 bits per heavy atom. The highest BCUT2D eigenvalue weighted by atomic mass is 32.2. The van der Waals surface area contributed by atoms with Crippen LogP contribution in [0.15, 0.2) is 71.9 Å². The molecule has 0 unspecified atom stereocenters. The Balaban J connectivity index is 1.54. The van der Waals surface area contributed by atoms with Gasteiger partial charge in [0, 0.05) is 5.69 Å². The van der Waals surface area contributed by atoms with Gasteiger partial charge in [0.25, 0.3) is 0 Å². The molecule has 7 nitrogen and oxygen atoms in total. The molecule has 0 spiro atoms. The van der Waals surface area contributed by atoms with Crippen molar-refractivity contribution in [3.63, 3.8) is 0 Å². The number of nitrogens with one attached hydrogen (secondary N) is 1. The van der Waals surface area contributed by atoms with Crippen LogP contribution in [-0.2, 0) is 11.4 Å². The van der Waals surface area contributed by atoms with Crippen molar-refractivity contribution in [2.24, 2.45) is 0 Å². The van der Waals surface area contributed by atoms with Crippen molar-refractivity contribution >= 4 is 23.4 Å². The van der Waals surface area contributed by atoms with Crippen LogP contribution in [-0.4, -0.2) is 33.5 Å². The highest BCUT2D eigenvalue weighted by molar-refractivity contribution is 7.99. The molecule has 0 radical (unpaired) electrons. The number of nitrogens with zero attached hydrogens (tertiary/aromatic N) is 3. The van der Waals surface area contributed by atoms with Crippen molar-refractivity contribution in [2.45, 2.75) is 25.6 Å². The summed E-state index contributed by atoms with van der Waals surface area (Å²) in [7, 11) is 1.61. The molecule has 0 atom stereocenters. The number of ether oxygens (including phenoxy) is 2. The summed E-state index contributed by atoms with van der Waals surface area (Å²) in [5, 5.41) is 11.9. The molecular formula is C26H25FN4O3S. The zero-order chi connectivity index (χ0) is 24.8. The van der Waals surface area contributed by atoms with Crippen molar-refractivity contribution in [1.29, 1.82) is 0 Å². The topological polar surface area (TPSA) is 78.3 Å². The molecule has 4 rings (SSSR count). The molecule has 0 fully saturated rings. The molecule has 1 amide bonds. The summed E-state index contributed by atoms with van der Waals surface area (Å²) < 4.78 is 26.5. The second-order valence-corrected chi connectivity index (χ2v) is 8.71. The molecule has 9 heteroatoms. The first kappa shape index (κ1) is 24.3. The van der Waals surface area contributed by atoms with Gasteiger partial charge >= 0.3 is 0 Å². The van der Waals surface area contributed by atoms with Crippen molar-refractivity contribution in [1.82, 2.24) is 14.8 Å². The van der Waals surface area contributed by atoms with Gasteiger partial charge in [-0.2, -0.15) is 0 Å². The Morgan fingerprint density at radius 3 is 2.51 bits per heavy atom. The highest BCUT2D eigenvalue weighted by Gasteiger charge is 2.18. The largest absolute Gasteiger partial charge is 0.497 e. The Kier molecular flexibility index (Phi) is 7.67. The van der Waals surface area contributed by atoms with Crippen molar-refractivity contribution in [3.8, 4) is 17.2 Å². The second kappa shape index (κ2) is 11.1. The van der Waals surface area contributed by atoms with Gasteiger partial charge in [-0.15, -0.1) is 10.2 Å². The lowest BCUT2D eigenvalue weighted by Crippen LogP contribution is -2.15. The molecule has 0 saturated carbocycles. The third-order valence-electron chi connectivity index (χ3n) is 5.39. The van der Waals surface area contributed by atoms with Crippen molar-refractivity contribution in [3.05, 3.63) is 89.5 Å². The Hall–Kier alpha value is -3.85. The summed E-state index contributed by atoms with van der Waals surface area (Å²) in [5.41, 5.74) is 3.51. The van der Waals surface area contributed by atoms with E-state index < -0.39 is 5.82 Å². The molecule has 0 bridgehead atoms. The second-order valence-electron chi connectivity index (χ2n) is 7.76.